The second kappa shape index (κ2) is 6.95. The number of H-pyrrole nitrogens is 1. The number of aromatic nitrogens is 1. The summed E-state index contributed by atoms with van der Waals surface area (Å²) in [6, 6.07) is 5.96. The van der Waals surface area contributed by atoms with E-state index in [2.05, 4.69) is 11.1 Å². The molecule has 0 spiro atoms. The number of fused-ring (bicyclic) bond motifs is 3. The largest absolute Gasteiger partial charge is 0.358 e. The minimum Gasteiger partial charge on any atom is -0.358 e. The molecular formula is C20H27N3O3S. The zero-order valence-corrected chi connectivity index (χ0v) is 16.8. The van der Waals surface area contributed by atoms with Crippen molar-refractivity contribution in [2.75, 3.05) is 26.4 Å². The summed E-state index contributed by atoms with van der Waals surface area (Å²) in [7, 11) is -1.57. The van der Waals surface area contributed by atoms with Crippen molar-refractivity contribution in [3.05, 3.63) is 35.0 Å². The minimum atomic E-state index is -3.20. The third-order valence-electron chi connectivity index (χ3n) is 6.15. The van der Waals surface area contributed by atoms with Gasteiger partial charge in [0.1, 0.15) is 0 Å². The van der Waals surface area contributed by atoms with E-state index in [0.717, 1.165) is 23.9 Å². The number of piperidine rings is 1. The third kappa shape index (κ3) is 3.38. The Kier molecular flexibility index (Phi) is 4.76. The molecule has 1 fully saturated rings. The number of sulfonamides is 1. The first-order chi connectivity index (χ1) is 12.9. The van der Waals surface area contributed by atoms with Crippen LogP contribution in [0.4, 0.5) is 0 Å². The maximum absolute atomic E-state index is 13.2. The second-order valence-corrected chi connectivity index (χ2v) is 9.86. The summed E-state index contributed by atoms with van der Waals surface area (Å²) in [5.41, 5.74) is 4.35. The van der Waals surface area contributed by atoms with E-state index >= 15 is 0 Å². The second-order valence-electron chi connectivity index (χ2n) is 7.82. The van der Waals surface area contributed by atoms with Crippen LogP contribution in [0, 0.1) is 0 Å². The van der Waals surface area contributed by atoms with Crippen molar-refractivity contribution < 1.29 is 13.2 Å². The minimum absolute atomic E-state index is 0.0300. The van der Waals surface area contributed by atoms with Gasteiger partial charge in [-0.1, -0.05) is 12.1 Å². The lowest BCUT2D eigenvalue weighted by Crippen LogP contribution is -2.47. The smallest absolute Gasteiger partial charge is 0.255 e. The molecular weight excluding hydrogens is 362 g/mol. The Morgan fingerprint density at radius 2 is 1.89 bits per heavy atom. The van der Waals surface area contributed by atoms with Crippen LogP contribution in [-0.4, -0.2) is 60.9 Å². The molecule has 1 aliphatic carbocycles. The number of amides is 1. The number of hydrogen-bond donors (Lipinski definition) is 1. The number of nitrogens with one attached hydrogen (secondary N) is 1. The number of hydrogen-bond acceptors (Lipinski definition) is 3. The standard InChI is InChI=1S/C20H27N3O3S/c1-22(27(2,25)26)14-10-12-23(13-11-14)20(24)17-8-5-7-16-15-6-3-4-9-18(15)21-19(16)17/h5,7-8,14,21H,3-4,6,9-13H2,1-2H3. The number of likely N-dealkylation sites (tertiary alicyclic amines) is 1. The first-order valence-electron chi connectivity index (χ1n) is 9.71. The van der Waals surface area contributed by atoms with E-state index in [9.17, 15) is 13.2 Å². The van der Waals surface area contributed by atoms with Crippen LogP contribution in [0.1, 0.15) is 47.3 Å². The highest BCUT2D eigenvalue weighted by molar-refractivity contribution is 7.88. The van der Waals surface area contributed by atoms with Gasteiger partial charge in [-0.3, -0.25) is 4.79 Å². The van der Waals surface area contributed by atoms with E-state index in [1.165, 1.54) is 40.0 Å². The normalized spacial score (nSPS) is 18.9. The molecule has 1 amide bonds. The van der Waals surface area contributed by atoms with Crippen molar-refractivity contribution in [1.82, 2.24) is 14.2 Å². The van der Waals surface area contributed by atoms with Crippen LogP contribution in [0.2, 0.25) is 0 Å². The first-order valence-corrected chi connectivity index (χ1v) is 11.6. The first kappa shape index (κ1) is 18.5. The van der Waals surface area contributed by atoms with E-state index in [1.54, 1.807) is 7.05 Å². The average Bonchev–Trinajstić information content (AvgIpc) is 3.05. The number of carbonyl (C=O) groups excluding carboxylic acids is 1. The Balaban J connectivity index is 1.55. The molecule has 27 heavy (non-hydrogen) atoms. The monoisotopic (exact) mass is 389 g/mol. The van der Waals surface area contributed by atoms with Gasteiger partial charge in [-0.05, 0) is 50.2 Å². The highest BCUT2D eigenvalue weighted by Gasteiger charge is 2.30. The van der Waals surface area contributed by atoms with Gasteiger partial charge in [0.2, 0.25) is 10.0 Å². The lowest BCUT2D eigenvalue weighted by molar-refractivity contribution is 0.0688. The number of benzene rings is 1. The summed E-state index contributed by atoms with van der Waals surface area (Å²) in [4.78, 5) is 18.6. The van der Waals surface area contributed by atoms with Gasteiger partial charge in [0.25, 0.3) is 5.91 Å². The van der Waals surface area contributed by atoms with Crippen molar-refractivity contribution >= 4 is 26.8 Å². The highest BCUT2D eigenvalue weighted by Crippen LogP contribution is 2.31. The molecule has 1 aliphatic heterocycles. The fourth-order valence-corrected chi connectivity index (χ4v) is 5.23. The molecule has 7 heteroatoms. The molecule has 0 saturated carbocycles. The molecule has 4 rings (SSSR count). The van der Waals surface area contributed by atoms with Crippen molar-refractivity contribution in [3.8, 4) is 0 Å². The molecule has 0 bridgehead atoms. The number of aromatic amines is 1. The van der Waals surface area contributed by atoms with Gasteiger partial charge in [0.05, 0.1) is 17.3 Å². The molecule has 146 valence electrons. The van der Waals surface area contributed by atoms with E-state index in [1.807, 2.05) is 17.0 Å². The summed E-state index contributed by atoms with van der Waals surface area (Å²) >= 11 is 0. The Labute approximate surface area is 160 Å². The molecule has 6 nitrogen and oxygen atoms in total. The fraction of sp³-hybridized carbons (Fsp3) is 0.550. The van der Waals surface area contributed by atoms with E-state index < -0.39 is 10.0 Å². The molecule has 0 unspecified atom stereocenters. The lowest BCUT2D eigenvalue weighted by atomic mass is 9.95. The van der Waals surface area contributed by atoms with E-state index in [-0.39, 0.29) is 11.9 Å². The van der Waals surface area contributed by atoms with Crippen LogP contribution in [0.25, 0.3) is 10.9 Å². The zero-order chi connectivity index (χ0) is 19.2. The average molecular weight is 390 g/mol. The quantitative estimate of drug-likeness (QED) is 0.877. The third-order valence-corrected chi connectivity index (χ3v) is 7.50. The van der Waals surface area contributed by atoms with Crippen LogP contribution < -0.4 is 0 Å². The number of nitrogens with zero attached hydrogens (tertiary/aromatic N) is 2. The number of carbonyl (C=O) groups is 1. The van der Waals surface area contributed by atoms with Crippen LogP contribution in [-0.2, 0) is 22.9 Å². The van der Waals surface area contributed by atoms with Crippen molar-refractivity contribution in [2.24, 2.45) is 0 Å². The van der Waals surface area contributed by atoms with E-state index in [4.69, 9.17) is 0 Å². The molecule has 0 atom stereocenters. The Morgan fingerprint density at radius 3 is 2.59 bits per heavy atom. The molecule has 2 aromatic rings. The summed E-state index contributed by atoms with van der Waals surface area (Å²) in [6.07, 6.45) is 7.12. The molecule has 1 aromatic carbocycles. The van der Waals surface area contributed by atoms with Gasteiger partial charge in [-0.25, -0.2) is 12.7 Å². The van der Waals surface area contributed by atoms with Crippen molar-refractivity contribution in [2.45, 2.75) is 44.6 Å². The van der Waals surface area contributed by atoms with Crippen molar-refractivity contribution in [3.63, 3.8) is 0 Å². The van der Waals surface area contributed by atoms with Crippen LogP contribution >= 0.6 is 0 Å². The van der Waals surface area contributed by atoms with Crippen LogP contribution in [0.3, 0.4) is 0 Å². The van der Waals surface area contributed by atoms with Gasteiger partial charge in [-0.2, -0.15) is 0 Å². The maximum Gasteiger partial charge on any atom is 0.255 e. The van der Waals surface area contributed by atoms with Crippen LogP contribution in [0.15, 0.2) is 18.2 Å². The molecule has 2 aliphatic rings. The van der Waals surface area contributed by atoms with Gasteiger partial charge in [0.15, 0.2) is 0 Å². The molecule has 0 radical (unpaired) electrons. The zero-order valence-electron chi connectivity index (χ0n) is 16.0. The Hall–Kier alpha value is -1.86. The maximum atomic E-state index is 13.2. The van der Waals surface area contributed by atoms with Gasteiger partial charge < -0.3 is 9.88 Å². The highest BCUT2D eigenvalue weighted by atomic mass is 32.2. The van der Waals surface area contributed by atoms with Gasteiger partial charge in [-0.15, -0.1) is 0 Å². The lowest BCUT2D eigenvalue weighted by Gasteiger charge is -2.35. The Bertz CT molecular complexity index is 972. The predicted octanol–water partition coefficient (Wildman–Crippen LogP) is 2.54. The fourth-order valence-electron chi connectivity index (χ4n) is 4.48. The number of para-hydroxylation sites is 1. The van der Waals surface area contributed by atoms with Gasteiger partial charge in [0, 0.05) is 37.3 Å². The molecule has 2 heterocycles. The molecule has 1 N–H and O–H groups in total. The summed E-state index contributed by atoms with van der Waals surface area (Å²) < 4.78 is 24.9. The Morgan fingerprint density at radius 1 is 1.19 bits per heavy atom. The summed E-state index contributed by atoms with van der Waals surface area (Å²) in [5, 5.41) is 1.18. The number of aryl methyl sites for hydroxylation is 2. The molecule has 1 aromatic heterocycles. The summed E-state index contributed by atoms with van der Waals surface area (Å²) in [5.74, 6) is 0.0413. The van der Waals surface area contributed by atoms with Crippen molar-refractivity contribution in [1.29, 1.82) is 0 Å². The SMILES string of the molecule is CN(C1CCN(C(=O)c2cccc3c4c([nH]c23)CCCC4)CC1)S(C)(=O)=O. The topological polar surface area (TPSA) is 73.5 Å². The molecule has 1 saturated heterocycles. The predicted molar refractivity (Wildman–Crippen MR) is 106 cm³/mol. The number of rotatable bonds is 3. The van der Waals surface area contributed by atoms with Crippen LogP contribution in [0.5, 0.6) is 0 Å². The summed E-state index contributed by atoms with van der Waals surface area (Å²) in [6.45, 7) is 1.17. The van der Waals surface area contributed by atoms with E-state index in [0.29, 0.717) is 25.9 Å². The van der Waals surface area contributed by atoms with Gasteiger partial charge >= 0.3 is 0 Å².